The molecule has 0 radical (unpaired) electrons. The van der Waals surface area contributed by atoms with Gasteiger partial charge < -0.3 is 9.32 Å². The van der Waals surface area contributed by atoms with Crippen LogP contribution < -0.4 is 0 Å². The van der Waals surface area contributed by atoms with E-state index in [1.165, 1.54) is 11.8 Å². The van der Waals surface area contributed by atoms with E-state index in [-0.39, 0.29) is 11.9 Å². The van der Waals surface area contributed by atoms with Crippen LogP contribution in [0.15, 0.2) is 57.3 Å². The van der Waals surface area contributed by atoms with E-state index in [1.807, 2.05) is 47.4 Å². The van der Waals surface area contributed by atoms with E-state index in [0.717, 1.165) is 27.4 Å². The second-order valence-electron chi connectivity index (χ2n) is 6.97. The van der Waals surface area contributed by atoms with E-state index in [0.29, 0.717) is 34.7 Å². The van der Waals surface area contributed by atoms with Crippen molar-refractivity contribution in [1.82, 2.24) is 20.1 Å². The van der Waals surface area contributed by atoms with Gasteiger partial charge in [0.1, 0.15) is 0 Å². The number of thiazole rings is 1. The minimum Gasteiger partial charge on any atom is -0.419 e. The molecule has 2 heterocycles. The average molecular weight is 457 g/mol. The Labute approximate surface area is 186 Å². The summed E-state index contributed by atoms with van der Waals surface area (Å²) < 4.78 is 7.83. The fourth-order valence-corrected chi connectivity index (χ4v) is 5.30. The predicted molar refractivity (Wildman–Crippen MR) is 119 cm³/mol. The lowest BCUT2D eigenvalue weighted by atomic mass is 10.2. The van der Waals surface area contributed by atoms with Gasteiger partial charge in [-0.3, -0.25) is 4.79 Å². The van der Waals surface area contributed by atoms with Gasteiger partial charge in [0.05, 0.1) is 33.1 Å². The fraction of sp³-hybridized carbons (Fsp3) is 0.238. The van der Waals surface area contributed by atoms with Crippen molar-refractivity contribution in [2.45, 2.75) is 29.8 Å². The van der Waals surface area contributed by atoms with Crippen molar-refractivity contribution in [3.8, 4) is 11.5 Å². The summed E-state index contributed by atoms with van der Waals surface area (Å²) in [7, 11) is 0. The van der Waals surface area contributed by atoms with E-state index in [9.17, 15) is 4.79 Å². The number of fused-ring (bicyclic) bond motifs is 1. The molecule has 0 atom stereocenters. The molecule has 0 saturated heterocycles. The Balaban J connectivity index is 1.26. The summed E-state index contributed by atoms with van der Waals surface area (Å²) in [5, 5.41) is 8.78. The number of hydrogen-bond donors (Lipinski definition) is 0. The number of nitrogens with zero attached hydrogens (tertiary/aromatic N) is 4. The fourth-order valence-electron chi connectivity index (χ4n) is 3.13. The molecule has 9 heteroatoms. The standard InChI is InChI=1S/C21H17ClN4O2S2/c22-15-6-2-1-5-14(15)20-25-24-18(28-20)11-26(13-9-10-13)19(27)12-29-21-23-16-7-3-4-8-17(16)30-21/h1-8,13H,9-12H2. The van der Waals surface area contributed by atoms with Crippen molar-refractivity contribution < 1.29 is 9.21 Å². The zero-order valence-corrected chi connectivity index (χ0v) is 18.2. The third-order valence-corrected chi connectivity index (χ3v) is 7.27. The minimum absolute atomic E-state index is 0.0549. The van der Waals surface area contributed by atoms with Gasteiger partial charge in [-0.25, -0.2) is 4.98 Å². The highest BCUT2D eigenvalue weighted by Crippen LogP contribution is 2.33. The number of carbonyl (C=O) groups is 1. The number of carbonyl (C=O) groups excluding carboxylic acids is 1. The number of rotatable bonds is 7. The van der Waals surface area contributed by atoms with Crippen molar-refractivity contribution in [1.29, 1.82) is 0 Å². The highest BCUT2D eigenvalue weighted by Gasteiger charge is 2.33. The molecule has 1 fully saturated rings. The van der Waals surface area contributed by atoms with Gasteiger partial charge in [-0.1, -0.05) is 47.6 Å². The first-order valence-electron chi connectivity index (χ1n) is 9.52. The summed E-state index contributed by atoms with van der Waals surface area (Å²) in [6, 6.07) is 15.6. The van der Waals surface area contributed by atoms with Gasteiger partial charge in [0, 0.05) is 6.04 Å². The maximum absolute atomic E-state index is 12.9. The van der Waals surface area contributed by atoms with Gasteiger partial charge in [-0.05, 0) is 37.1 Å². The molecule has 152 valence electrons. The van der Waals surface area contributed by atoms with E-state index in [1.54, 1.807) is 17.4 Å². The minimum atomic E-state index is 0.0549. The number of hydrogen-bond acceptors (Lipinski definition) is 7. The summed E-state index contributed by atoms with van der Waals surface area (Å²) in [5.41, 5.74) is 1.66. The summed E-state index contributed by atoms with van der Waals surface area (Å²) >= 11 is 9.30. The molecule has 1 aliphatic rings. The molecule has 0 unspecified atom stereocenters. The summed E-state index contributed by atoms with van der Waals surface area (Å²) in [6.45, 7) is 0.307. The smallest absolute Gasteiger partial charge is 0.249 e. The van der Waals surface area contributed by atoms with Crippen LogP contribution in [0.3, 0.4) is 0 Å². The van der Waals surface area contributed by atoms with Crippen LogP contribution in [0.1, 0.15) is 18.7 Å². The molecule has 0 N–H and O–H groups in total. The first-order valence-corrected chi connectivity index (χ1v) is 11.7. The van der Waals surface area contributed by atoms with Gasteiger partial charge >= 0.3 is 0 Å². The molecule has 2 aromatic carbocycles. The molecule has 2 aromatic heterocycles. The maximum Gasteiger partial charge on any atom is 0.249 e. The van der Waals surface area contributed by atoms with Gasteiger partial charge in [-0.2, -0.15) is 0 Å². The second-order valence-corrected chi connectivity index (χ2v) is 9.63. The zero-order chi connectivity index (χ0) is 20.5. The lowest BCUT2D eigenvalue weighted by Crippen LogP contribution is -2.34. The van der Waals surface area contributed by atoms with Crippen LogP contribution in [0.5, 0.6) is 0 Å². The Morgan fingerprint density at radius 3 is 2.77 bits per heavy atom. The molecular weight excluding hydrogens is 440 g/mol. The Hall–Kier alpha value is -2.42. The number of benzene rings is 2. The molecule has 4 aromatic rings. The normalized spacial score (nSPS) is 13.6. The Morgan fingerprint density at radius 2 is 1.97 bits per heavy atom. The first-order chi connectivity index (χ1) is 14.7. The molecule has 1 amide bonds. The summed E-state index contributed by atoms with van der Waals surface area (Å²) in [4.78, 5) is 19.3. The summed E-state index contributed by atoms with van der Waals surface area (Å²) in [6.07, 6.45) is 2.01. The maximum atomic E-state index is 12.9. The lowest BCUT2D eigenvalue weighted by molar-refractivity contribution is -0.129. The topological polar surface area (TPSA) is 72.1 Å². The van der Waals surface area contributed by atoms with Gasteiger partial charge in [-0.15, -0.1) is 21.5 Å². The predicted octanol–water partition coefficient (Wildman–Crippen LogP) is 5.28. The molecule has 6 nitrogen and oxygen atoms in total. The third kappa shape index (κ3) is 4.21. The second kappa shape index (κ2) is 8.37. The van der Waals surface area contributed by atoms with Crippen molar-refractivity contribution in [2.24, 2.45) is 0 Å². The van der Waals surface area contributed by atoms with Gasteiger partial charge in [0.15, 0.2) is 4.34 Å². The number of para-hydroxylation sites is 1. The molecular formula is C21H17ClN4O2S2. The first kappa shape index (κ1) is 19.5. The molecule has 30 heavy (non-hydrogen) atoms. The highest BCUT2D eigenvalue weighted by atomic mass is 35.5. The number of thioether (sulfide) groups is 1. The van der Waals surface area contributed by atoms with E-state index < -0.39 is 0 Å². The van der Waals surface area contributed by atoms with Crippen LogP contribution in [0.4, 0.5) is 0 Å². The molecule has 5 rings (SSSR count). The van der Waals surface area contributed by atoms with E-state index >= 15 is 0 Å². The molecule has 0 bridgehead atoms. The van der Waals surface area contributed by atoms with Crippen LogP contribution in [0, 0.1) is 0 Å². The van der Waals surface area contributed by atoms with Gasteiger partial charge in [0.25, 0.3) is 0 Å². The van der Waals surface area contributed by atoms with Crippen LogP contribution in [-0.4, -0.2) is 37.8 Å². The molecule has 0 spiro atoms. The van der Waals surface area contributed by atoms with Crippen molar-refractivity contribution >= 4 is 50.8 Å². The van der Waals surface area contributed by atoms with Crippen LogP contribution in [0.2, 0.25) is 5.02 Å². The highest BCUT2D eigenvalue weighted by molar-refractivity contribution is 8.01. The lowest BCUT2D eigenvalue weighted by Gasteiger charge is -2.20. The van der Waals surface area contributed by atoms with Crippen molar-refractivity contribution in [2.75, 3.05) is 5.75 Å². The SMILES string of the molecule is O=C(CSc1nc2ccccc2s1)N(Cc1nnc(-c2ccccc2Cl)o1)C1CC1. The summed E-state index contributed by atoms with van der Waals surface area (Å²) in [5.74, 6) is 1.17. The van der Waals surface area contributed by atoms with Crippen molar-refractivity contribution in [3.05, 3.63) is 59.4 Å². The van der Waals surface area contributed by atoms with E-state index in [2.05, 4.69) is 15.2 Å². The average Bonchev–Trinajstić information content (AvgIpc) is 3.34. The Kier molecular flexibility index (Phi) is 5.45. The number of aromatic nitrogens is 3. The quantitative estimate of drug-likeness (QED) is 0.352. The number of halogens is 1. The Morgan fingerprint density at radius 1 is 1.17 bits per heavy atom. The van der Waals surface area contributed by atoms with Crippen molar-refractivity contribution in [3.63, 3.8) is 0 Å². The molecule has 0 aliphatic heterocycles. The third-order valence-electron chi connectivity index (χ3n) is 4.78. The zero-order valence-electron chi connectivity index (χ0n) is 15.8. The monoisotopic (exact) mass is 456 g/mol. The molecule has 1 saturated carbocycles. The number of amides is 1. The molecule has 1 aliphatic carbocycles. The van der Waals surface area contributed by atoms with Crippen LogP contribution in [-0.2, 0) is 11.3 Å². The Bertz CT molecular complexity index is 1170. The largest absolute Gasteiger partial charge is 0.419 e. The van der Waals surface area contributed by atoms with E-state index in [4.69, 9.17) is 16.0 Å². The van der Waals surface area contributed by atoms with Crippen LogP contribution in [0.25, 0.3) is 21.7 Å². The van der Waals surface area contributed by atoms with Crippen LogP contribution >= 0.6 is 34.7 Å². The van der Waals surface area contributed by atoms with Gasteiger partial charge in [0.2, 0.25) is 17.7 Å².